The van der Waals surface area contributed by atoms with Crippen molar-refractivity contribution in [3.63, 3.8) is 0 Å². The molecule has 24 heavy (non-hydrogen) atoms. The van der Waals surface area contributed by atoms with Crippen LogP contribution >= 0.6 is 11.6 Å². The Bertz CT molecular complexity index is 848. The molecule has 5 nitrogen and oxygen atoms in total. The Hall–Kier alpha value is -2.66. The smallest absolute Gasteiger partial charge is 0.263 e. The predicted molar refractivity (Wildman–Crippen MR) is 89.8 cm³/mol. The molecule has 0 unspecified atom stereocenters. The first-order chi connectivity index (χ1) is 11.5. The standard InChI is InChI=1S/C18H15ClN2O3/c1-11-4-2-5-12(8-11)9-20-15(22)10-21-17(23)13-6-3-7-14(19)16(13)18(21)24/h2-8H,9-10H2,1H3,(H,20,22). The third kappa shape index (κ3) is 3.03. The summed E-state index contributed by atoms with van der Waals surface area (Å²) in [5, 5.41) is 2.93. The molecule has 0 spiro atoms. The van der Waals surface area contributed by atoms with Gasteiger partial charge in [-0.05, 0) is 24.6 Å². The minimum absolute atomic E-state index is 0.163. The molecule has 0 radical (unpaired) electrons. The molecule has 0 saturated heterocycles. The predicted octanol–water partition coefficient (Wildman–Crippen LogP) is 2.56. The fourth-order valence-electron chi connectivity index (χ4n) is 2.66. The Kier molecular flexibility index (Phi) is 4.36. The third-order valence-electron chi connectivity index (χ3n) is 3.82. The lowest BCUT2D eigenvalue weighted by atomic mass is 10.1. The Morgan fingerprint density at radius 2 is 1.88 bits per heavy atom. The molecule has 1 N–H and O–H groups in total. The lowest BCUT2D eigenvalue weighted by molar-refractivity contribution is -0.121. The maximum Gasteiger partial charge on any atom is 0.263 e. The van der Waals surface area contributed by atoms with Crippen LogP contribution in [0.5, 0.6) is 0 Å². The number of carbonyl (C=O) groups excluding carboxylic acids is 3. The van der Waals surface area contributed by atoms with Crippen molar-refractivity contribution in [3.05, 3.63) is 69.7 Å². The van der Waals surface area contributed by atoms with Gasteiger partial charge in [-0.2, -0.15) is 0 Å². The van der Waals surface area contributed by atoms with Crippen molar-refractivity contribution in [3.8, 4) is 0 Å². The van der Waals surface area contributed by atoms with Crippen molar-refractivity contribution in [2.75, 3.05) is 6.54 Å². The molecular weight excluding hydrogens is 328 g/mol. The highest BCUT2D eigenvalue weighted by Crippen LogP contribution is 2.28. The zero-order valence-corrected chi connectivity index (χ0v) is 13.8. The van der Waals surface area contributed by atoms with Gasteiger partial charge in [0.15, 0.2) is 0 Å². The number of aryl methyl sites for hydroxylation is 1. The van der Waals surface area contributed by atoms with Gasteiger partial charge in [-0.1, -0.05) is 47.5 Å². The van der Waals surface area contributed by atoms with Crippen molar-refractivity contribution in [1.29, 1.82) is 0 Å². The van der Waals surface area contributed by atoms with Gasteiger partial charge in [0.2, 0.25) is 5.91 Å². The molecule has 122 valence electrons. The number of nitrogens with one attached hydrogen (secondary N) is 1. The van der Waals surface area contributed by atoms with E-state index in [2.05, 4.69) is 5.32 Å². The molecule has 6 heteroatoms. The number of halogens is 1. The minimum Gasteiger partial charge on any atom is -0.350 e. The minimum atomic E-state index is -0.536. The zero-order chi connectivity index (χ0) is 17.3. The number of rotatable bonds is 4. The topological polar surface area (TPSA) is 66.5 Å². The van der Waals surface area contributed by atoms with E-state index in [-0.39, 0.29) is 22.7 Å². The van der Waals surface area contributed by atoms with Crippen LogP contribution in [0, 0.1) is 6.92 Å². The van der Waals surface area contributed by atoms with Gasteiger partial charge in [-0.25, -0.2) is 0 Å². The van der Waals surface area contributed by atoms with Gasteiger partial charge in [0, 0.05) is 6.54 Å². The van der Waals surface area contributed by atoms with Crippen LogP contribution in [0.3, 0.4) is 0 Å². The van der Waals surface area contributed by atoms with Crippen LogP contribution in [-0.2, 0) is 11.3 Å². The SMILES string of the molecule is Cc1cccc(CNC(=O)CN2C(=O)c3cccc(Cl)c3C2=O)c1. The number of hydrogen-bond acceptors (Lipinski definition) is 3. The van der Waals surface area contributed by atoms with E-state index in [0.717, 1.165) is 16.0 Å². The number of hydrogen-bond donors (Lipinski definition) is 1. The normalized spacial score (nSPS) is 13.2. The van der Waals surface area contributed by atoms with Crippen LogP contribution in [0.4, 0.5) is 0 Å². The van der Waals surface area contributed by atoms with Crippen molar-refractivity contribution in [2.24, 2.45) is 0 Å². The molecule has 2 aromatic rings. The fourth-order valence-corrected chi connectivity index (χ4v) is 2.91. The van der Waals surface area contributed by atoms with Gasteiger partial charge in [-0.3, -0.25) is 19.3 Å². The average Bonchev–Trinajstić information content (AvgIpc) is 2.79. The first kappa shape index (κ1) is 16.2. The summed E-state index contributed by atoms with van der Waals surface area (Å²) in [6.45, 7) is 1.98. The van der Waals surface area contributed by atoms with E-state index in [1.165, 1.54) is 6.07 Å². The summed E-state index contributed by atoms with van der Waals surface area (Å²) < 4.78 is 0. The summed E-state index contributed by atoms with van der Waals surface area (Å²) in [5.74, 6) is -1.43. The quantitative estimate of drug-likeness (QED) is 0.868. The summed E-state index contributed by atoms with van der Waals surface area (Å²) in [5.41, 5.74) is 2.44. The molecule has 2 aromatic carbocycles. The van der Waals surface area contributed by atoms with Gasteiger partial charge in [0.1, 0.15) is 6.54 Å². The lowest BCUT2D eigenvalue weighted by Crippen LogP contribution is -2.40. The van der Waals surface area contributed by atoms with E-state index >= 15 is 0 Å². The van der Waals surface area contributed by atoms with Crippen LogP contribution < -0.4 is 5.32 Å². The fraction of sp³-hybridized carbons (Fsp3) is 0.167. The number of fused-ring (bicyclic) bond motifs is 1. The maximum absolute atomic E-state index is 12.3. The highest BCUT2D eigenvalue weighted by Gasteiger charge is 2.38. The highest BCUT2D eigenvalue weighted by molar-refractivity contribution is 6.37. The number of amides is 3. The number of imide groups is 1. The van der Waals surface area contributed by atoms with Crippen LogP contribution in [0.1, 0.15) is 31.8 Å². The van der Waals surface area contributed by atoms with Crippen LogP contribution in [0.15, 0.2) is 42.5 Å². The molecule has 0 bridgehead atoms. The lowest BCUT2D eigenvalue weighted by Gasteiger charge is -2.13. The molecule has 0 fully saturated rings. The summed E-state index contributed by atoms with van der Waals surface area (Å²) in [6, 6.07) is 12.4. The highest BCUT2D eigenvalue weighted by atomic mass is 35.5. The van der Waals surface area contributed by atoms with E-state index in [9.17, 15) is 14.4 Å². The first-order valence-electron chi connectivity index (χ1n) is 7.44. The second-order valence-corrected chi connectivity index (χ2v) is 6.03. The molecular formula is C18H15ClN2O3. The van der Waals surface area contributed by atoms with E-state index in [1.807, 2.05) is 31.2 Å². The van der Waals surface area contributed by atoms with Gasteiger partial charge >= 0.3 is 0 Å². The first-order valence-corrected chi connectivity index (χ1v) is 7.82. The van der Waals surface area contributed by atoms with Crippen molar-refractivity contribution in [2.45, 2.75) is 13.5 Å². The monoisotopic (exact) mass is 342 g/mol. The number of benzene rings is 2. The van der Waals surface area contributed by atoms with E-state index in [0.29, 0.717) is 6.54 Å². The van der Waals surface area contributed by atoms with Crippen molar-refractivity contribution >= 4 is 29.3 Å². The van der Waals surface area contributed by atoms with Crippen molar-refractivity contribution < 1.29 is 14.4 Å². The molecule has 3 amide bonds. The second kappa shape index (κ2) is 6.45. The van der Waals surface area contributed by atoms with Crippen LogP contribution in [0.25, 0.3) is 0 Å². The largest absolute Gasteiger partial charge is 0.350 e. The van der Waals surface area contributed by atoms with Crippen molar-refractivity contribution in [1.82, 2.24) is 10.2 Å². The zero-order valence-electron chi connectivity index (χ0n) is 13.0. The number of carbonyl (C=O) groups is 3. The number of nitrogens with zero attached hydrogens (tertiary/aromatic N) is 1. The van der Waals surface area contributed by atoms with E-state index in [1.54, 1.807) is 12.1 Å². The van der Waals surface area contributed by atoms with Crippen LogP contribution in [-0.4, -0.2) is 29.2 Å². The Morgan fingerprint density at radius 3 is 2.58 bits per heavy atom. The molecule has 0 saturated carbocycles. The van der Waals surface area contributed by atoms with Gasteiger partial charge in [0.25, 0.3) is 11.8 Å². The summed E-state index contributed by atoms with van der Waals surface area (Å²) in [4.78, 5) is 37.6. The Labute approximate surface area is 144 Å². The van der Waals surface area contributed by atoms with Gasteiger partial charge < -0.3 is 5.32 Å². The third-order valence-corrected chi connectivity index (χ3v) is 4.14. The molecule has 1 aliphatic heterocycles. The molecule has 0 atom stereocenters. The molecule has 3 rings (SSSR count). The second-order valence-electron chi connectivity index (χ2n) is 5.62. The van der Waals surface area contributed by atoms with E-state index < -0.39 is 17.7 Å². The molecule has 0 aromatic heterocycles. The summed E-state index contributed by atoms with van der Waals surface area (Å²) in [7, 11) is 0. The Morgan fingerprint density at radius 1 is 1.12 bits per heavy atom. The van der Waals surface area contributed by atoms with Gasteiger partial charge in [0.05, 0.1) is 16.1 Å². The molecule has 1 heterocycles. The molecule has 0 aliphatic carbocycles. The van der Waals surface area contributed by atoms with E-state index in [4.69, 9.17) is 11.6 Å². The van der Waals surface area contributed by atoms with Crippen LogP contribution in [0.2, 0.25) is 5.02 Å². The summed E-state index contributed by atoms with van der Waals surface area (Å²) >= 11 is 5.99. The summed E-state index contributed by atoms with van der Waals surface area (Å²) in [6.07, 6.45) is 0. The average molecular weight is 343 g/mol. The Balaban J connectivity index is 1.66. The maximum atomic E-state index is 12.3. The molecule has 1 aliphatic rings. The van der Waals surface area contributed by atoms with Gasteiger partial charge in [-0.15, -0.1) is 0 Å².